The first-order chi connectivity index (χ1) is 15.2. The molecular weight excluding hydrogens is 397 g/mol. The summed E-state index contributed by atoms with van der Waals surface area (Å²) in [6.07, 6.45) is 7.03. The molecule has 0 amide bonds. The molecule has 1 aliphatic heterocycles. The summed E-state index contributed by atoms with van der Waals surface area (Å²) in [6.45, 7) is 3.93. The summed E-state index contributed by atoms with van der Waals surface area (Å²) in [5.74, 6) is -0.243. The molecular formula is C22H22FN7O. The van der Waals surface area contributed by atoms with Gasteiger partial charge in [0.1, 0.15) is 5.82 Å². The summed E-state index contributed by atoms with van der Waals surface area (Å²) >= 11 is 0. The second-order valence-electron chi connectivity index (χ2n) is 7.46. The van der Waals surface area contributed by atoms with Crippen molar-refractivity contribution in [3.05, 3.63) is 78.1 Å². The van der Waals surface area contributed by atoms with Gasteiger partial charge in [-0.2, -0.15) is 30.0 Å². The van der Waals surface area contributed by atoms with E-state index in [1.165, 1.54) is 10.9 Å². The van der Waals surface area contributed by atoms with E-state index in [0.29, 0.717) is 25.2 Å². The first-order valence-corrected chi connectivity index (χ1v) is 10.2. The molecule has 1 saturated heterocycles. The molecule has 9 heteroatoms. The Hall–Kier alpha value is -3.59. The van der Waals surface area contributed by atoms with Crippen LogP contribution in [0.2, 0.25) is 0 Å². The van der Waals surface area contributed by atoms with Crippen molar-refractivity contribution in [3.63, 3.8) is 0 Å². The molecule has 1 aliphatic rings. The van der Waals surface area contributed by atoms with Crippen LogP contribution >= 0.6 is 0 Å². The van der Waals surface area contributed by atoms with Crippen LogP contribution in [0.15, 0.2) is 61.2 Å². The number of halogens is 1. The van der Waals surface area contributed by atoms with Gasteiger partial charge in [0.2, 0.25) is 0 Å². The number of ether oxygens (including phenoxy) is 1. The lowest BCUT2D eigenvalue weighted by Crippen LogP contribution is -2.47. The Balaban J connectivity index is 1.46. The van der Waals surface area contributed by atoms with E-state index in [1.54, 1.807) is 41.7 Å². The van der Waals surface area contributed by atoms with Crippen LogP contribution in [-0.4, -0.2) is 55.8 Å². The standard InChI is InChI=1S/C22H22FN7O/c1-16-21(3-2-4-22(16)30-26-9-10-27-30)28-11-12-31-15-19(28)14-17-13-18(5-6-20(17)23)29-24-7-8-25-29/h2-10,13,19H,11-12,14-15H2,1H3/t19-/m1/s1. The second-order valence-corrected chi connectivity index (χ2v) is 7.46. The molecule has 4 aromatic rings. The number of aromatic nitrogens is 6. The third-order valence-corrected chi connectivity index (χ3v) is 5.58. The van der Waals surface area contributed by atoms with Crippen LogP contribution in [0.1, 0.15) is 11.1 Å². The van der Waals surface area contributed by atoms with Crippen LogP contribution in [0.4, 0.5) is 10.1 Å². The first kappa shape index (κ1) is 19.4. The lowest BCUT2D eigenvalue weighted by molar-refractivity contribution is 0.0938. The fourth-order valence-corrected chi connectivity index (χ4v) is 4.07. The number of morpholine rings is 1. The molecule has 1 fully saturated rings. The highest BCUT2D eigenvalue weighted by Gasteiger charge is 2.27. The van der Waals surface area contributed by atoms with E-state index in [2.05, 4.69) is 38.3 Å². The molecule has 0 spiro atoms. The fraction of sp³-hybridized carbons (Fsp3) is 0.273. The fourth-order valence-electron chi connectivity index (χ4n) is 4.07. The Labute approximate surface area is 178 Å². The number of benzene rings is 2. The SMILES string of the molecule is Cc1c(N2CCOC[C@H]2Cc2cc(-n3nccn3)ccc2F)cccc1-n1nccn1. The molecule has 31 heavy (non-hydrogen) atoms. The zero-order chi connectivity index (χ0) is 21.2. The number of rotatable bonds is 5. The van der Waals surface area contributed by atoms with Crippen LogP contribution in [-0.2, 0) is 11.2 Å². The maximum Gasteiger partial charge on any atom is 0.126 e. The Morgan fingerprint density at radius 3 is 2.45 bits per heavy atom. The van der Waals surface area contributed by atoms with Crippen molar-refractivity contribution in [3.8, 4) is 11.4 Å². The van der Waals surface area contributed by atoms with Crippen LogP contribution in [0.3, 0.4) is 0 Å². The van der Waals surface area contributed by atoms with E-state index in [9.17, 15) is 4.39 Å². The van der Waals surface area contributed by atoms with Gasteiger partial charge in [-0.15, -0.1) is 0 Å². The maximum absolute atomic E-state index is 14.7. The van der Waals surface area contributed by atoms with Crippen molar-refractivity contribution in [1.29, 1.82) is 0 Å². The third kappa shape index (κ3) is 3.79. The predicted octanol–water partition coefficient (Wildman–Crippen LogP) is 2.74. The summed E-state index contributed by atoms with van der Waals surface area (Å²) < 4.78 is 20.5. The van der Waals surface area contributed by atoms with Gasteiger partial charge in [0, 0.05) is 12.2 Å². The van der Waals surface area contributed by atoms with Crippen molar-refractivity contribution < 1.29 is 9.13 Å². The summed E-state index contributed by atoms with van der Waals surface area (Å²) in [5, 5.41) is 16.8. The normalized spacial score (nSPS) is 16.6. The van der Waals surface area contributed by atoms with Gasteiger partial charge in [0.15, 0.2) is 0 Å². The van der Waals surface area contributed by atoms with E-state index in [4.69, 9.17) is 4.74 Å². The van der Waals surface area contributed by atoms with Crippen molar-refractivity contribution in [2.24, 2.45) is 0 Å². The largest absolute Gasteiger partial charge is 0.377 e. The summed E-state index contributed by atoms with van der Waals surface area (Å²) in [6, 6.07) is 11.0. The van der Waals surface area contributed by atoms with Crippen molar-refractivity contribution in [1.82, 2.24) is 30.0 Å². The molecule has 0 unspecified atom stereocenters. The van der Waals surface area contributed by atoms with Crippen molar-refractivity contribution in [2.45, 2.75) is 19.4 Å². The van der Waals surface area contributed by atoms with E-state index in [-0.39, 0.29) is 11.9 Å². The lowest BCUT2D eigenvalue weighted by Gasteiger charge is -2.38. The Morgan fingerprint density at radius 1 is 0.968 bits per heavy atom. The van der Waals surface area contributed by atoms with Gasteiger partial charge in [0.05, 0.1) is 55.4 Å². The summed E-state index contributed by atoms with van der Waals surface area (Å²) in [5.41, 5.74) is 4.41. The molecule has 0 aliphatic carbocycles. The smallest absolute Gasteiger partial charge is 0.126 e. The monoisotopic (exact) mass is 419 g/mol. The molecule has 2 aromatic heterocycles. The lowest BCUT2D eigenvalue weighted by atomic mass is 10.0. The molecule has 8 nitrogen and oxygen atoms in total. The number of hydrogen-bond donors (Lipinski definition) is 0. The molecule has 5 rings (SSSR count). The zero-order valence-electron chi connectivity index (χ0n) is 17.1. The molecule has 158 valence electrons. The predicted molar refractivity (Wildman–Crippen MR) is 113 cm³/mol. The average molecular weight is 419 g/mol. The van der Waals surface area contributed by atoms with Crippen molar-refractivity contribution in [2.75, 3.05) is 24.7 Å². The molecule has 3 heterocycles. The molecule has 0 bridgehead atoms. The summed E-state index contributed by atoms with van der Waals surface area (Å²) in [4.78, 5) is 5.40. The van der Waals surface area contributed by atoms with Crippen LogP contribution in [0.25, 0.3) is 11.4 Å². The number of anilines is 1. The molecule has 0 N–H and O–H groups in total. The topological polar surface area (TPSA) is 73.9 Å². The average Bonchev–Trinajstić information content (AvgIpc) is 3.51. The molecule has 0 saturated carbocycles. The Bertz CT molecular complexity index is 1160. The van der Waals surface area contributed by atoms with E-state index in [0.717, 1.165) is 29.2 Å². The zero-order valence-corrected chi connectivity index (χ0v) is 17.1. The highest BCUT2D eigenvalue weighted by Crippen LogP contribution is 2.29. The number of nitrogens with zero attached hydrogens (tertiary/aromatic N) is 7. The minimum absolute atomic E-state index is 0.0105. The van der Waals surface area contributed by atoms with Gasteiger partial charge >= 0.3 is 0 Å². The quantitative estimate of drug-likeness (QED) is 0.495. The highest BCUT2D eigenvalue weighted by atomic mass is 19.1. The van der Waals surface area contributed by atoms with E-state index in [1.807, 2.05) is 12.1 Å². The van der Waals surface area contributed by atoms with Gasteiger partial charge in [-0.1, -0.05) is 6.07 Å². The van der Waals surface area contributed by atoms with Gasteiger partial charge < -0.3 is 9.64 Å². The van der Waals surface area contributed by atoms with Crippen LogP contribution in [0.5, 0.6) is 0 Å². The van der Waals surface area contributed by atoms with E-state index < -0.39 is 0 Å². The molecule has 0 radical (unpaired) electrons. The minimum atomic E-state index is -0.243. The maximum atomic E-state index is 14.7. The van der Waals surface area contributed by atoms with Gasteiger partial charge in [-0.25, -0.2) is 4.39 Å². The second kappa shape index (κ2) is 8.27. The summed E-state index contributed by atoms with van der Waals surface area (Å²) in [7, 11) is 0. The van der Waals surface area contributed by atoms with Gasteiger partial charge in [-0.05, 0) is 54.8 Å². The number of hydrogen-bond acceptors (Lipinski definition) is 6. The molecule has 1 atom stereocenters. The Kier molecular flexibility index (Phi) is 5.17. The first-order valence-electron chi connectivity index (χ1n) is 10.2. The molecule has 2 aromatic carbocycles. The highest BCUT2D eigenvalue weighted by molar-refractivity contribution is 5.61. The van der Waals surface area contributed by atoms with Crippen molar-refractivity contribution >= 4 is 5.69 Å². The van der Waals surface area contributed by atoms with Crippen LogP contribution < -0.4 is 4.90 Å². The van der Waals surface area contributed by atoms with Crippen LogP contribution in [0, 0.1) is 12.7 Å². The van der Waals surface area contributed by atoms with Gasteiger partial charge in [0.25, 0.3) is 0 Å². The third-order valence-electron chi connectivity index (χ3n) is 5.58. The minimum Gasteiger partial charge on any atom is -0.377 e. The van der Waals surface area contributed by atoms with Gasteiger partial charge in [-0.3, -0.25) is 0 Å². The Morgan fingerprint density at radius 2 is 1.68 bits per heavy atom. The van der Waals surface area contributed by atoms with E-state index >= 15 is 0 Å².